The van der Waals surface area contributed by atoms with Crippen LogP contribution in [-0.2, 0) is 0 Å². The Kier molecular flexibility index (Phi) is 4.18. The van der Waals surface area contributed by atoms with E-state index in [1.54, 1.807) is 18.3 Å². The minimum atomic E-state index is -0.486. The zero-order chi connectivity index (χ0) is 18.1. The molecular formula is C20H20N4O2. The summed E-state index contributed by atoms with van der Waals surface area (Å²) >= 11 is 0. The number of carbonyl (C=O) groups is 1. The Morgan fingerprint density at radius 1 is 1.19 bits per heavy atom. The van der Waals surface area contributed by atoms with Crippen molar-refractivity contribution in [3.8, 4) is 5.75 Å². The van der Waals surface area contributed by atoms with Crippen molar-refractivity contribution >= 4 is 22.5 Å². The first-order valence-corrected chi connectivity index (χ1v) is 8.57. The summed E-state index contributed by atoms with van der Waals surface area (Å²) in [5.74, 6) is 0.0127. The van der Waals surface area contributed by atoms with Gasteiger partial charge in [0.25, 0.3) is 5.91 Å². The Hall–Kier alpha value is -3.12. The molecule has 132 valence electrons. The average molecular weight is 348 g/mol. The minimum Gasteiger partial charge on any atom is -0.508 e. The second-order valence-corrected chi connectivity index (χ2v) is 6.54. The summed E-state index contributed by atoms with van der Waals surface area (Å²) in [6.45, 7) is 1.64. The third kappa shape index (κ3) is 2.95. The number of hydrogen-bond donors (Lipinski definition) is 4. The highest BCUT2D eigenvalue weighted by Crippen LogP contribution is 2.31. The molecule has 0 spiro atoms. The summed E-state index contributed by atoms with van der Waals surface area (Å²) < 4.78 is 0. The number of phenols is 1. The van der Waals surface area contributed by atoms with Gasteiger partial charge in [-0.1, -0.05) is 12.1 Å². The molecule has 2 aromatic carbocycles. The van der Waals surface area contributed by atoms with Crippen molar-refractivity contribution in [3.63, 3.8) is 0 Å². The first-order chi connectivity index (χ1) is 12.6. The van der Waals surface area contributed by atoms with Crippen LogP contribution in [0.4, 0.5) is 5.69 Å². The van der Waals surface area contributed by atoms with E-state index >= 15 is 0 Å². The van der Waals surface area contributed by atoms with Gasteiger partial charge in [0.2, 0.25) is 0 Å². The van der Waals surface area contributed by atoms with Crippen molar-refractivity contribution in [2.45, 2.75) is 12.0 Å². The number of nitrogens with one attached hydrogen (secondary N) is 2. The summed E-state index contributed by atoms with van der Waals surface area (Å²) in [6.07, 6.45) is 1.66. The van der Waals surface area contributed by atoms with Gasteiger partial charge in [-0.15, -0.1) is 0 Å². The highest BCUT2D eigenvalue weighted by atomic mass is 16.3. The molecule has 2 unspecified atom stereocenters. The molecule has 5 N–H and O–H groups in total. The predicted octanol–water partition coefficient (Wildman–Crippen LogP) is 2.21. The van der Waals surface area contributed by atoms with E-state index in [1.165, 1.54) is 0 Å². The zero-order valence-corrected chi connectivity index (χ0v) is 14.1. The maximum atomic E-state index is 11.7. The smallest absolute Gasteiger partial charge is 0.250 e. The van der Waals surface area contributed by atoms with Crippen molar-refractivity contribution in [1.29, 1.82) is 0 Å². The number of hydrogen-bond acceptors (Lipinski definition) is 5. The topological polar surface area (TPSA) is 100 Å². The molecule has 0 aliphatic carbocycles. The number of amides is 1. The van der Waals surface area contributed by atoms with Crippen LogP contribution in [0.15, 0.2) is 54.7 Å². The second-order valence-electron chi connectivity index (χ2n) is 6.54. The van der Waals surface area contributed by atoms with Gasteiger partial charge in [-0.3, -0.25) is 9.78 Å². The van der Waals surface area contributed by atoms with E-state index in [1.807, 2.05) is 36.4 Å². The SMILES string of the molecule is NC(=O)c1ccc(NC2CNCC2c2cccc(O)c2)c2cccnc12. The van der Waals surface area contributed by atoms with Gasteiger partial charge < -0.3 is 21.5 Å². The number of fused-ring (bicyclic) bond motifs is 1. The molecule has 0 saturated carbocycles. The van der Waals surface area contributed by atoms with Crippen LogP contribution in [0, 0.1) is 0 Å². The molecule has 3 aromatic rings. The highest BCUT2D eigenvalue weighted by Gasteiger charge is 2.29. The third-order valence-corrected chi connectivity index (χ3v) is 4.89. The Morgan fingerprint density at radius 2 is 2.08 bits per heavy atom. The molecule has 0 bridgehead atoms. The van der Waals surface area contributed by atoms with Crippen LogP contribution in [0.1, 0.15) is 21.8 Å². The fraction of sp³-hybridized carbons (Fsp3) is 0.200. The number of benzene rings is 2. The molecule has 4 rings (SSSR count). The van der Waals surface area contributed by atoms with Gasteiger partial charge >= 0.3 is 0 Å². The summed E-state index contributed by atoms with van der Waals surface area (Å²) in [5.41, 5.74) is 8.49. The average Bonchev–Trinajstić information content (AvgIpc) is 3.10. The van der Waals surface area contributed by atoms with Gasteiger partial charge in [-0.2, -0.15) is 0 Å². The van der Waals surface area contributed by atoms with Crippen molar-refractivity contribution in [2.24, 2.45) is 5.73 Å². The quantitative estimate of drug-likeness (QED) is 0.579. The molecule has 1 aromatic heterocycles. The van der Waals surface area contributed by atoms with Crippen molar-refractivity contribution in [1.82, 2.24) is 10.3 Å². The van der Waals surface area contributed by atoms with E-state index in [-0.39, 0.29) is 17.7 Å². The van der Waals surface area contributed by atoms with Gasteiger partial charge in [0.15, 0.2) is 0 Å². The number of aromatic hydroxyl groups is 1. The van der Waals surface area contributed by atoms with E-state index in [9.17, 15) is 9.90 Å². The molecule has 1 aliphatic heterocycles. The maximum absolute atomic E-state index is 11.7. The number of phenolic OH excluding ortho intramolecular Hbond substituents is 1. The highest BCUT2D eigenvalue weighted by molar-refractivity contribution is 6.08. The number of primary amides is 1. The lowest BCUT2D eigenvalue weighted by molar-refractivity contribution is 0.100. The maximum Gasteiger partial charge on any atom is 0.250 e. The van der Waals surface area contributed by atoms with Gasteiger partial charge in [0.1, 0.15) is 5.75 Å². The van der Waals surface area contributed by atoms with Crippen LogP contribution in [0.25, 0.3) is 10.9 Å². The van der Waals surface area contributed by atoms with Crippen LogP contribution < -0.4 is 16.4 Å². The number of carbonyl (C=O) groups excluding carboxylic acids is 1. The van der Waals surface area contributed by atoms with Crippen LogP contribution in [0.2, 0.25) is 0 Å². The van der Waals surface area contributed by atoms with E-state index in [0.29, 0.717) is 11.1 Å². The first kappa shape index (κ1) is 16.4. The summed E-state index contributed by atoms with van der Waals surface area (Å²) in [4.78, 5) is 16.0. The van der Waals surface area contributed by atoms with Gasteiger partial charge in [-0.05, 0) is 42.0 Å². The Bertz CT molecular complexity index is 973. The zero-order valence-electron chi connectivity index (χ0n) is 14.1. The molecule has 26 heavy (non-hydrogen) atoms. The molecule has 1 fully saturated rings. The molecule has 1 saturated heterocycles. The number of anilines is 1. The summed E-state index contributed by atoms with van der Waals surface area (Å²) in [7, 11) is 0. The Labute approximate surface area is 151 Å². The lowest BCUT2D eigenvalue weighted by atomic mass is 9.93. The number of pyridine rings is 1. The first-order valence-electron chi connectivity index (χ1n) is 8.57. The molecule has 6 nitrogen and oxygen atoms in total. The molecule has 1 aliphatic rings. The van der Waals surface area contributed by atoms with Crippen LogP contribution >= 0.6 is 0 Å². The monoisotopic (exact) mass is 348 g/mol. The van der Waals surface area contributed by atoms with E-state index < -0.39 is 5.91 Å². The third-order valence-electron chi connectivity index (χ3n) is 4.89. The fourth-order valence-electron chi connectivity index (χ4n) is 3.63. The molecule has 2 heterocycles. The number of nitrogens with zero attached hydrogens (tertiary/aromatic N) is 1. The van der Waals surface area contributed by atoms with Crippen molar-refractivity contribution < 1.29 is 9.90 Å². The van der Waals surface area contributed by atoms with E-state index in [4.69, 9.17) is 5.73 Å². The fourth-order valence-corrected chi connectivity index (χ4v) is 3.63. The number of nitrogens with two attached hydrogens (primary N) is 1. The van der Waals surface area contributed by atoms with Gasteiger partial charge in [0.05, 0.1) is 11.1 Å². The lowest BCUT2D eigenvalue weighted by Crippen LogP contribution is -2.27. The van der Waals surface area contributed by atoms with Crippen LogP contribution in [-0.4, -0.2) is 35.1 Å². The van der Waals surface area contributed by atoms with Crippen LogP contribution in [0.5, 0.6) is 5.75 Å². The molecule has 2 atom stereocenters. The largest absolute Gasteiger partial charge is 0.508 e. The second kappa shape index (κ2) is 6.65. The predicted molar refractivity (Wildman–Crippen MR) is 101 cm³/mol. The molecule has 0 radical (unpaired) electrons. The van der Waals surface area contributed by atoms with Crippen LogP contribution in [0.3, 0.4) is 0 Å². The van der Waals surface area contributed by atoms with Gasteiger partial charge in [-0.25, -0.2) is 0 Å². The summed E-state index contributed by atoms with van der Waals surface area (Å²) in [6, 6.07) is 14.9. The lowest BCUT2D eigenvalue weighted by Gasteiger charge is -2.23. The number of rotatable bonds is 4. The van der Waals surface area contributed by atoms with Gasteiger partial charge in [0, 0.05) is 42.3 Å². The standard InChI is InChI=1S/C20H20N4O2/c21-20(26)15-6-7-17(14-5-2-8-23-19(14)15)24-18-11-22-10-16(18)12-3-1-4-13(25)9-12/h1-9,16,18,22,24-25H,10-11H2,(H2,21,26). The van der Waals surface area contributed by atoms with Crippen molar-refractivity contribution in [3.05, 3.63) is 65.9 Å². The molecule has 6 heteroatoms. The summed E-state index contributed by atoms with van der Waals surface area (Å²) in [5, 5.41) is 17.6. The molecule has 1 amide bonds. The van der Waals surface area contributed by atoms with E-state index in [0.717, 1.165) is 29.7 Å². The molecular weight excluding hydrogens is 328 g/mol. The number of aromatic nitrogens is 1. The van der Waals surface area contributed by atoms with E-state index in [2.05, 4.69) is 15.6 Å². The van der Waals surface area contributed by atoms with Crippen molar-refractivity contribution in [2.75, 3.05) is 18.4 Å². The minimum absolute atomic E-state index is 0.152. The normalized spacial score (nSPS) is 19.5. The Morgan fingerprint density at radius 3 is 2.88 bits per heavy atom. The Balaban J connectivity index is 1.69.